The number of terminal acetylenes is 1. The number of hydrogen-bond donors (Lipinski definition) is 2. The fourth-order valence-electron chi connectivity index (χ4n) is 0.774. The molecular weight excluding hydrogens is 196 g/mol. The van der Waals surface area contributed by atoms with Crippen molar-refractivity contribution in [3.8, 4) is 12.3 Å². The highest BCUT2D eigenvalue weighted by molar-refractivity contribution is 5.77. The van der Waals surface area contributed by atoms with Gasteiger partial charge in [-0.05, 0) is 0 Å². The Labute approximate surface area is 89.6 Å². The van der Waals surface area contributed by atoms with E-state index in [1.165, 1.54) is 7.05 Å². The van der Waals surface area contributed by atoms with E-state index < -0.39 is 0 Å². The van der Waals surface area contributed by atoms with Crippen LogP contribution in [0.25, 0.3) is 0 Å². The Morgan fingerprint density at radius 2 is 2.13 bits per heavy atom. The first-order valence-corrected chi connectivity index (χ1v) is 4.69. The molecule has 0 saturated carbocycles. The largest absolute Gasteiger partial charge is 0.370 e. The number of amides is 2. The van der Waals surface area contributed by atoms with Crippen LogP contribution < -0.4 is 10.6 Å². The van der Waals surface area contributed by atoms with Gasteiger partial charge in [0.2, 0.25) is 11.8 Å². The summed E-state index contributed by atoms with van der Waals surface area (Å²) in [7, 11) is 1.54. The molecular formula is C10H16N2O3. The maximum absolute atomic E-state index is 11.0. The quantitative estimate of drug-likeness (QED) is 0.432. The van der Waals surface area contributed by atoms with Gasteiger partial charge >= 0.3 is 0 Å². The normalized spacial score (nSPS) is 9.07. The van der Waals surface area contributed by atoms with Gasteiger partial charge in [-0.1, -0.05) is 0 Å². The van der Waals surface area contributed by atoms with Crippen LogP contribution in [-0.2, 0) is 14.3 Å². The van der Waals surface area contributed by atoms with Crippen LogP contribution in [0.2, 0.25) is 0 Å². The summed E-state index contributed by atoms with van der Waals surface area (Å²) in [5, 5.41) is 5.04. The summed E-state index contributed by atoms with van der Waals surface area (Å²) in [6.07, 6.45) is 5.76. The van der Waals surface area contributed by atoms with Crippen molar-refractivity contribution in [2.45, 2.75) is 12.8 Å². The molecule has 5 nitrogen and oxygen atoms in total. The minimum absolute atomic E-state index is 0.0106. The second-order valence-electron chi connectivity index (χ2n) is 2.78. The Morgan fingerprint density at radius 1 is 1.40 bits per heavy atom. The van der Waals surface area contributed by atoms with Crippen molar-refractivity contribution in [1.82, 2.24) is 10.6 Å². The Hall–Kier alpha value is -1.54. The van der Waals surface area contributed by atoms with E-state index >= 15 is 0 Å². The Kier molecular flexibility index (Phi) is 8.10. The van der Waals surface area contributed by atoms with Crippen LogP contribution in [0.15, 0.2) is 0 Å². The summed E-state index contributed by atoms with van der Waals surface area (Å²) in [6.45, 7) is 0.715. The standard InChI is InChI=1S/C10H16N2O3/c1-3-4-5-9(13)12-6-7-15-8-10(14)11-2/h1H,4-8H2,2H3,(H,11,14)(H,12,13). The zero-order valence-electron chi connectivity index (χ0n) is 8.84. The van der Waals surface area contributed by atoms with Gasteiger partial charge in [0.15, 0.2) is 0 Å². The smallest absolute Gasteiger partial charge is 0.245 e. The van der Waals surface area contributed by atoms with Gasteiger partial charge in [0.1, 0.15) is 6.61 Å². The van der Waals surface area contributed by atoms with Gasteiger partial charge < -0.3 is 15.4 Å². The Bertz CT molecular complexity index is 246. The zero-order valence-corrected chi connectivity index (χ0v) is 8.84. The molecule has 0 aromatic carbocycles. The Morgan fingerprint density at radius 3 is 2.73 bits per heavy atom. The molecule has 0 rings (SSSR count). The van der Waals surface area contributed by atoms with Gasteiger partial charge in [-0.2, -0.15) is 0 Å². The molecule has 2 amide bonds. The van der Waals surface area contributed by atoms with Crippen molar-refractivity contribution in [3.63, 3.8) is 0 Å². The monoisotopic (exact) mass is 212 g/mol. The summed E-state index contributed by atoms with van der Waals surface area (Å²) >= 11 is 0. The third-order valence-electron chi connectivity index (χ3n) is 1.58. The van der Waals surface area contributed by atoms with Gasteiger partial charge in [-0.3, -0.25) is 9.59 Å². The van der Waals surface area contributed by atoms with Crippen LogP contribution in [0.1, 0.15) is 12.8 Å². The lowest BCUT2D eigenvalue weighted by Gasteiger charge is -2.04. The van der Waals surface area contributed by atoms with E-state index in [9.17, 15) is 9.59 Å². The number of hydrogen-bond acceptors (Lipinski definition) is 3. The van der Waals surface area contributed by atoms with E-state index in [1.54, 1.807) is 0 Å². The van der Waals surface area contributed by atoms with Crippen molar-refractivity contribution in [1.29, 1.82) is 0 Å². The second kappa shape index (κ2) is 9.03. The summed E-state index contributed by atoms with van der Waals surface area (Å²) in [6, 6.07) is 0. The maximum Gasteiger partial charge on any atom is 0.245 e. The first-order valence-electron chi connectivity index (χ1n) is 4.69. The number of nitrogens with one attached hydrogen (secondary N) is 2. The van der Waals surface area contributed by atoms with E-state index in [2.05, 4.69) is 16.6 Å². The molecule has 2 N–H and O–H groups in total. The molecule has 0 aromatic rings. The molecule has 0 saturated heterocycles. The molecule has 0 aromatic heterocycles. The summed E-state index contributed by atoms with van der Waals surface area (Å²) in [4.78, 5) is 21.7. The first-order chi connectivity index (χ1) is 7.20. The van der Waals surface area contributed by atoms with Crippen LogP contribution >= 0.6 is 0 Å². The predicted molar refractivity (Wildman–Crippen MR) is 56.0 cm³/mol. The number of carbonyl (C=O) groups excluding carboxylic acids is 2. The molecule has 0 heterocycles. The Balaban J connectivity index is 3.28. The lowest BCUT2D eigenvalue weighted by Crippen LogP contribution is -2.29. The molecule has 0 bridgehead atoms. The van der Waals surface area contributed by atoms with E-state index in [-0.39, 0.29) is 18.4 Å². The highest BCUT2D eigenvalue weighted by atomic mass is 16.5. The second-order valence-corrected chi connectivity index (χ2v) is 2.78. The van der Waals surface area contributed by atoms with E-state index in [1.807, 2.05) is 0 Å². The third kappa shape index (κ3) is 8.78. The number of rotatable bonds is 7. The van der Waals surface area contributed by atoms with Gasteiger partial charge in [0.05, 0.1) is 6.61 Å². The third-order valence-corrected chi connectivity index (χ3v) is 1.58. The molecule has 0 unspecified atom stereocenters. The summed E-state index contributed by atoms with van der Waals surface area (Å²) in [5.41, 5.74) is 0. The lowest BCUT2D eigenvalue weighted by molar-refractivity contribution is -0.125. The number of likely N-dealkylation sites (N-methyl/N-ethyl adjacent to an activating group) is 1. The maximum atomic E-state index is 11.0. The molecule has 0 fully saturated rings. The molecule has 15 heavy (non-hydrogen) atoms. The fourth-order valence-corrected chi connectivity index (χ4v) is 0.774. The minimum Gasteiger partial charge on any atom is -0.370 e. The molecule has 0 atom stereocenters. The van der Waals surface area contributed by atoms with Crippen molar-refractivity contribution in [3.05, 3.63) is 0 Å². The van der Waals surface area contributed by atoms with E-state index in [0.29, 0.717) is 26.0 Å². The van der Waals surface area contributed by atoms with Crippen molar-refractivity contribution < 1.29 is 14.3 Å². The van der Waals surface area contributed by atoms with Gasteiger partial charge in [-0.25, -0.2) is 0 Å². The summed E-state index contributed by atoms with van der Waals surface area (Å²) in [5.74, 6) is 2.09. The van der Waals surface area contributed by atoms with Crippen LogP contribution in [0.4, 0.5) is 0 Å². The van der Waals surface area contributed by atoms with Gasteiger partial charge in [0, 0.05) is 26.4 Å². The van der Waals surface area contributed by atoms with Gasteiger partial charge in [-0.15, -0.1) is 12.3 Å². The number of carbonyl (C=O) groups is 2. The van der Waals surface area contributed by atoms with Crippen molar-refractivity contribution in [2.75, 3.05) is 26.8 Å². The molecule has 84 valence electrons. The highest BCUT2D eigenvalue weighted by Crippen LogP contribution is 1.85. The molecule has 0 aliphatic rings. The highest BCUT2D eigenvalue weighted by Gasteiger charge is 1.99. The molecule has 5 heteroatoms. The lowest BCUT2D eigenvalue weighted by atomic mass is 10.3. The average molecular weight is 212 g/mol. The topological polar surface area (TPSA) is 67.4 Å². The fraction of sp³-hybridized carbons (Fsp3) is 0.600. The predicted octanol–water partition coefficient (Wildman–Crippen LogP) is -0.721. The zero-order chi connectivity index (χ0) is 11.5. The van der Waals surface area contributed by atoms with Crippen LogP contribution in [-0.4, -0.2) is 38.6 Å². The number of ether oxygens (including phenoxy) is 1. The van der Waals surface area contributed by atoms with Crippen LogP contribution in [0, 0.1) is 12.3 Å². The molecule has 0 radical (unpaired) electrons. The van der Waals surface area contributed by atoms with Crippen LogP contribution in [0.3, 0.4) is 0 Å². The minimum atomic E-state index is -0.186. The van der Waals surface area contributed by atoms with Crippen molar-refractivity contribution in [2.24, 2.45) is 0 Å². The SMILES string of the molecule is C#CCCC(=O)NCCOCC(=O)NC. The summed E-state index contributed by atoms with van der Waals surface area (Å²) < 4.78 is 4.97. The molecule has 0 spiro atoms. The molecule has 0 aliphatic heterocycles. The average Bonchev–Trinajstić information content (AvgIpc) is 2.25. The first kappa shape index (κ1) is 13.5. The van der Waals surface area contributed by atoms with E-state index in [4.69, 9.17) is 11.2 Å². The van der Waals surface area contributed by atoms with Crippen molar-refractivity contribution >= 4 is 11.8 Å². The van der Waals surface area contributed by atoms with Gasteiger partial charge in [0.25, 0.3) is 0 Å². The van der Waals surface area contributed by atoms with Crippen LogP contribution in [0.5, 0.6) is 0 Å². The molecule has 0 aliphatic carbocycles. The van der Waals surface area contributed by atoms with E-state index in [0.717, 1.165) is 0 Å².